The highest BCUT2D eigenvalue weighted by molar-refractivity contribution is 14.0. The van der Waals surface area contributed by atoms with Crippen LogP contribution in [0.5, 0.6) is 5.75 Å². The second kappa shape index (κ2) is 10.8. The number of rotatable bonds is 7. The summed E-state index contributed by atoms with van der Waals surface area (Å²) >= 11 is 0. The molecule has 1 aromatic carbocycles. The van der Waals surface area contributed by atoms with E-state index in [-0.39, 0.29) is 29.5 Å². The molecule has 0 aliphatic rings. The van der Waals surface area contributed by atoms with Crippen LogP contribution in [0.15, 0.2) is 23.2 Å². The normalized spacial score (nSPS) is 11.9. The van der Waals surface area contributed by atoms with Crippen LogP contribution in [0.3, 0.4) is 0 Å². The Labute approximate surface area is 164 Å². The summed E-state index contributed by atoms with van der Waals surface area (Å²) in [6, 6.07) is 6.20. The molecule has 0 saturated heterocycles. The minimum atomic E-state index is 0. The third-order valence-electron chi connectivity index (χ3n) is 4.09. The van der Waals surface area contributed by atoms with Gasteiger partial charge in [-0.05, 0) is 53.4 Å². The third-order valence-corrected chi connectivity index (χ3v) is 4.09. The molecule has 0 aliphatic heterocycles. The molecule has 0 spiro atoms. The fraction of sp³-hybridized carbons (Fsp3) is 0.611. The Bertz CT molecular complexity index is 530. The predicted octanol–water partition coefficient (Wildman–Crippen LogP) is 3.02. The number of ether oxygens (including phenoxy) is 1. The molecule has 0 saturated carbocycles. The molecular formula is C18H33IN4O. The first-order chi connectivity index (χ1) is 10.8. The standard InChI is InChI=1S/C18H32N4O.HI/c1-8-19-17(21-13-18(3,4)22(5)6)20-12-15-10-9-14(2)11-16(15)23-7;/h9-11H,8,12-13H2,1-7H3,(H2,19,20,21);1H. The average molecular weight is 448 g/mol. The highest BCUT2D eigenvalue weighted by atomic mass is 127. The van der Waals surface area contributed by atoms with Gasteiger partial charge in [-0.2, -0.15) is 0 Å². The SMILES string of the molecule is CCNC(=NCc1ccc(C)cc1OC)NCC(C)(C)N(C)C.I. The van der Waals surface area contributed by atoms with E-state index in [9.17, 15) is 0 Å². The molecule has 0 unspecified atom stereocenters. The van der Waals surface area contributed by atoms with Crippen molar-refractivity contribution >= 4 is 29.9 Å². The van der Waals surface area contributed by atoms with Crippen LogP contribution in [0.2, 0.25) is 0 Å². The monoisotopic (exact) mass is 448 g/mol. The maximum Gasteiger partial charge on any atom is 0.191 e. The first kappa shape index (κ1) is 23.0. The van der Waals surface area contributed by atoms with E-state index in [1.807, 2.05) is 6.07 Å². The van der Waals surface area contributed by atoms with Gasteiger partial charge >= 0.3 is 0 Å². The van der Waals surface area contributed by atoms with Crippen molar-refractivity contribution in [2.75, 3.05) is 34.3 Å². The van der Waals surface area contributed by atoms with Gasteiger partial charge < -0.3 is 20.3 Å². The molecule has 0 heterocycles. The summed E-state index contributed by atoms with van der Waals surface area (Å²) in [5.41, 5.74) is 2.33. The molecule has 0 amide bonds. The number of aliphatic imine (C=N–C) groups is 1. The number of methoxy groups -OCH3 is 1. The van der Waals surface area contributed by atoms with E-state index in [1.54, 1.807) is 7.11 Å². The van der Waals surface area contributed by atoms with Gasteiger partial charge in [0.2, 0.25) is 0 Å². The fourth-order valence-corrected chi connectivity index (χ4v) is 1.95. The Hall–Kier alpha value is -1.02. The lowest BCUT2D eigenvalue weighted by Gasteiger charge is -2.33. The predicted molar refractivity (Wildman–Crippen MR) is 114 cm³/mol. The Balaban J connectivity index is 0.00000529. The number of hydrogen-bond donors (Lipinski definition) is 2. The van der Waals surface area contributed by atoms with Crippen LogP contribution in [0.4, 0.5) is 0 Å². The van der Waals surface area contributed by atoms with Crippen molar-refractivity contribution in [2.24, 2.45) is 4.99 Å². The van der Waals surface area contributed by atoms with Crippen LogP contribution < -0.4 is 15.4 Å². The molecule has 0 aliphatic carbocycles. The number of nitrogens with one attached hydrogen (secondary N) is 2. The molecule has 24 heavy (non-hydrogen) atoms. The quantitative estimate of drug-likeness (QED) is 0.383. The van der Waals surface area contributed by atoms with Crippen molar-refractivity contribution in [1.82, 2.24) is 15.5 Å². The second-order valence-electron chi connectivity index (χ2n) is 6.57. The van der Waals surface area contributed by atoms with E-state index in [2.05, 4.69) is 74.4 Å². The van der Waals surface area contributed by atoms with Crippen LogP contribution in [0, 0.1) is 6.92 Å². The molecule has 138 valence electrons. The summed E-state index contributed by atoms with van der Waals surface area (Å²) in [4.78, 5) is 6.88. The Morgan fingerprint density at radius 2 is 1.92 bits per heavy atom. The topological polar surface area (TPSA) is 48.9 Å². The van der Waals surface area contributed by atoms with Gasteiger partial charge in [0.15, 0.2) is 5.96 Å². The molecule has 5 nitrogen and oxygen atoms in total. The molecule has 2 N–H and O–H groups in total. The van der Waals surface area contributed by atoms with E-state index >= 15 is 0 Å². The Kier molecular flexibility index (Phi) is 10.3. The first-order valence-corrected chi connectivity index (χ1v) is 8.13. The number of likely N-dealkylation sites (N-methyl/N-ethyl adjacent to an activating group) is 1. The Morgan fingerprint density at radius 1 is 1.25 bits per heavy atom. The molecule has 0 aromatic heterocycles. The average Bonchev–Trinajstić information content (AvgIpc) is 2.50. The van der Waals surface area contributed by atoms with E-state index < -0.39 is 0 Å². The van der Waals surface area contributed by atoms with Crippen molar-refractivity contribution in [3.8, 4) is 5.75 Å². The van der Waals surface area contributed by atoms with Crippen LogP contribution in [0.1, 0.15) is 31.9 Å². The van der Waals surface area contributed by atoms with Gasteiger partial charge in [-0.15, -0.1) is 24.0 Å². The number of benzene rings is 1. The maximum atomic E-state index is 5.45. The smallest absolute Gasteiger partial charge is 0.191 e. The second-order valence-corrected chi connectivity index (χ2v) is 6.57. The summed E-state index contributed by atoms with van der Waals surface area (Å²) in [6.07, 6.45) is 0. The van der Waals surface area contributed by atoms with Gasteiger partial charge in [-0.1, -0.05) is 12.1 Å². The zero-order valence-electron chi connectivity index (χ0n) is 16.1. The number of nitrogens with zero attached hydrogens (tertiary/aromatic N) is 2. The highest BCUT2D eigenvalue weighted by Gasteiger charge is 2.20. The van der Waals surface area contributed by atoms with Crippen LogP contribution >= 0.6 is 24.0 Å². The zero-order chi connectivity index (χ0) is 17.5. The minimum Gasteiger partial charge on any atom is -0.496 e. The largest absolute Gasteiger partial charge is 0.496 e. The lowest BCUT2D eigenvalue weighted by atomic mass is 10.0. The molecule has 1 rings (SSSR count). The fourth-order valence-electron chi connectivity index (χ4n) is 1.95. The highest BCUT2D eigenvalue weighted by Crippen LogP contribution is 2.20. The van der Waals surface area contributed by atoms with E-state index in [0.717, 1.165) is 30.4 Å². The molecular weight excluding hydrogens is 415 g/mol. The molecule has 6 heteroatoms. The van der Waals surface area contributed by atoms with Gasteiger partial charge in [0, 0.05) is 24.2 Å². The molecule has 1 aromatic rings. The maximum absolute atomic E-state index is 5.45. The van der Waals surface area contributed by atoms with Gasteiger partial charge in [-0.3, -0.25) is 0 Å². The summed E-state index contributed by atoms with van der Waals surface area (Å²) in [5, 5.41) is 6.71. The third kappa shape index (κ3) is 7.25. The van der Waals surface area contributed by atoms with Crippen molar-refractivity contribution in [3.05, 3.63) is 29.3 Å². The molecule has 0 fully saturated rings. The summed E-state index contributed by atoms with van der Waals surface area (Å²) < 4.78 is 5.45. The van der Waals surface area contributed by atoms with Crippen molar-refractivity contribution in [3.63, 3.8) is 0 Å². The molecule has 0 bridgehead atoms. The van der Waals surface area contributed by atoms with Crippen LogP contribution in [-0.4, -0.2) is 50.7 Å². The lowest BCUT2D eigenvalue weighted by Crippen LogP contribution is -2.50. The van der Waals surface area contributed by atoms with Gasteiger partial charge in [-0.25, -0.2) is 4.99 Å². The summed E-state index contributed by atoms with van der Waals surface area (Å²) in [5.74, 6) is 1.71. The van der Waals surface area contributed by atoms with E-state index in [4.69, 9.17) is 4.74 Å². The Morgan fingerprint density at radius 3 is 2.46 bits per heavy atom. The lowest BCUT2D eigenvalue weighted by molar-refractivity contribution is 0.197. The zero-order valence-corrected chi connectivity index (χ0v) is 18.4. The van der Waals surface area contributed by atoms with E-state index in [0.29, 0.717) is 6.54 Å². The minimum absolute atomic E-state index is 0. The van der Waals surface area contributed by atoms with Gasteiger partial charge in [0.1, 0.15) is 5.75 Å². The van der Waals surface area contributed by atoms with Crippen LogP contribution in [0.25, 0.3) is 0 Å². The van der Waals surface area contributed by atoms with Gasteiger partial charge in [0.25, 0.3) is 0 Å². The summed E-state index contributed by atoms with van der Waals surface area (Å²) in [7, 11) is 5.87. The van der Waals surface area contributed by atoms with Gasteiger partial charge in [0.05, 0.1) is 13.7 Å². The number of hydrogen-bond acceptors (Lipinski definition) is 3. The van der Waals surface area contributed by atoms with Crippen molar-refractivity contribution in [1.29, 1.82) is 0 Å². The van der Waals surface area contributed by atoms with Crippen LogP contribution in [-0.2, 0) is 6.54 Å². The summed E-state index contributed by atoms with van der Waals surface area (Å²) in [6.45, 7) is 10.8. The van der Waals surface area contributed by atoms with Crippen molar-refractivity contribution < 1.29 is 4.74 Å². The number of aryl methyl sites for hydroxylation is 1. The molecule has 0 atom stereocenters. The number of halogens is 1. The van der Waals surface area contributed by atoms with E-state index in [1.165, 1.54) is 5.56 Å². The number of guanidine groups is 1. The van der Waals surface area contributed by atoms with Crippen molar-refractivity contribution in [2.45, 2.75) is 39.8 Å². The first-order valence-electron chi connectivity index (χ1n) is 8.13. The molecule has 0 radical (unpaired) electrons.